The molecule has 0 radical (unpaired) electrons. The summed E-state index contributed by atoms with van der Waals surface area (Å²) in [4.78, 5) is 0. The van der Waals surface area contributed by atoms with Crippen LogP contribution in [0.2, 0.25) is 5.02 Å². The molecule has 0 fully saturated rings. The Labute approximate surface area is 103 Å². The lowest BCUT2D eigenvalue weighted by molar-refractivity contribution is 0.464. The van der Waals surface area contributed by atoms with Gasteiger partial charge in [-0.05, 0) is 31.2 Å². The zero-order chi connectivity index (χ0) is 12.0. The van der Waals surface area contributed by atoms with Crippen molar-refractivity contribution in [2.75, 3.05) is 18.6 Å². The first-order valence-corrected chi connectivity index (χ1v) is 7.18. The molecule has 0 saturated carbocycles. The van der Waals surface area contributed by atoms with Crippen LogP contribution in [0.3, 0.4) is 0 Å². The Hall–Kier alpha value is -0.580. The molecular weight excluding hydrogens is 246 g/mol. The number of phenols is 1. The average Bonchev–Trinajstić information content (AvgIpc) is 2.22. The van der Waals surface area contributed by atoms with Gasteiger partial charge in [-0.25, -0.2) is 0 Å². The Balaban J connectivity index is 2.31. The summed E-state index contributed by atoms with van der Waals surface area (Å²) in [5, 5.41) is 13.3. The maximum Gasteiger partial charge on any atom is 0.120 e. The van der Waals surface area contributed by atoms with E-state index in [9.17, 15) is 9.32 Å². The van der Waals surface area contributed by atoms with Crippen LogP contribution in [0.4, 0.5) is 0 Å². The lowest BCUT2D eigenvalue weighted by Gasteiger charge is -2.06. The van der Waals surface area contributed by atoms with Gasteiger partial charge in [-0.2, -0.15) is 0 Å². The van der Waals surface area contributed by atoms with Crippen molar-refractivity contribution in [2.24, 2.45) is 0 Å². The lowest BCUT2D eigenvalue weighted by atomic mass is 10.2. The Morgan fingerprint density at radius 1 is 1.50 bits per heavy atom. The molecule has 0 aliphatic rings. The van der Waals surface area contributed by atoms with E-state index < -0.39 is 10.8 Å². The number of nitrogens with one attached hydrogen (secondary N) is 1. The van der Waals surface area contributed by atoms with Gasteiger partial charge in [0.25, 0.3) is 0 Å². The van der Waals surface area contributed by atoms with Crippen LogP contribution in [0.1, 0.15) is 12.0 Å². The summed E-state index contributed by atoms with van der Waals surface area (Å²) in [7, 11) is -0.732. The Bertz CT molecular complexity index is 371. The fraction of sp³-hybridized carbons (Fsp3) is 0.455. The maximum atomic E-state index is 10.8. The van der Waals surface area contributed by atoms with E-state index in [1.165, 1.54) is 0 Å². The molecule has 1 atom stereocenters. The second-order valence-corrected chi connectivity index (χ2v) is 5.57. The highest BCUT2D eigenvalue weighted by Gasteiger charge is 2.01. The van der Waals surface area contributed by atoms with Gasteiger partial charge in [-0.3, -0.25) is 4.21 Å². The molecule has 0 aromatic heterocycles. The summed E-state index contributed by atoms with van der Waals surface area (Å²) in [5.41, 5.74) is 0.783. The van der Waals surface area contributed by atoms with Gasteiger partial charge in [0.1, 0.15) is 5.75 Å². The molecule has 1 unspecified atom stereocenters. The van der Waals surface area contributed by atoms with Crippen LogP contribution < -0.4 is 5.32 Å². The van der Waals surface area contributed by atoms with Gasteiger partial charge in [0.15, 0.2) is 0 Å². The second kappa shape index (κ2) is 6.89. The largest absolute Gasteiger partial charge is 0.508 e. The molecule has 3 nitrogen and oxygen atoms in total. The Morgan fingerprint density at radius 3 is 2.94 bits per heavy atom. The van der Waals surface area contributed by atoms with Crippen LogP contribution in [-0.2, 0) is 17.3 Å². The van der Waals surface area contributed by atoms with Crippen LogP contribution >= 0.6 is 11.6 Å². The summed E-state index contributed by atoms with van der Waals surface area (Å²) in [6, 6.07) is 4.98. The van der Waals surface area contributed by atoms with Crippen LogP contribution in [0.15, 0.2) is 18.2 Å². The van der Waals surface area contributed by atoms with E-state index in [0.717, 1.165) is 18.5 Å². The second-order valence-electron chi connectivity index (χ2n) is 3.58. The van der Waals surface area contributed by atoms with Gasteiger partial charge in [0.05, 0.1) is 0 Å². The van der Waals surface area contributed by atoms with E-state index in [1.807, 2.05) is 0 Å². The van der Waals surface area contributed by atoms with E-state index in [0.29, 0.717) is 17.3 Å². The zero-order valence-corrected chi connectivity index (χ0v) is 10.8. The molecular formula is C11H16ClNO2S. The highest BCUT2D eigenvalue weighted by molar-refractivity contribution is 7.84. The normalized spacial score (nSPS) is 12.6. The standard InChI is InChI=1S/C11H16ClNO2S/c1-16(15)6-2-5-13-8-9-7-10(12)3-4-11(9)14/h3-4,7,13-14H,2,5-6,8H2,1H3. The van der Waals surface area contributed by atoms with Crippen molar-refractivity contribution < 1.29 is 9.32 Å². The van der Waals surface area contributed by atoms with E-state index in [-0.39, 0.29) is 5.75 Å². The van der Waals surface area contributed by atoms with Crippen LogP contribution in [0, 0.1) is 0 Å². The first kappa shape index (κ1) is 13.5. The van der Waals surface area contributed by atoms with Crippen molar-refractivity contribution in [1.82, 2.24) is 5.32 Å². The minimum absolute atomic E-state index is 0.246. The third-order valence-electron chi connectivity index (χ3n) is 2.14. The van der Waals surface area contributed by atoms with Gasteiger partial charge in [0, 0.05) is 39.9 Å². The molecule has 90 valence electrons. The molecule has 0 aliphatic carbocycles. The minimum atomic E-state index is -0.732. The van der Waals surface area contributed by atoms with Gasteiger partial charge in [-0.15, -0.1) is 0 Å². The zero-order valence-electron chi connectivity index (χ0n) is 9.20. The quantitative estimate of drug-likeness (QED) is 0.769. The maximum absolute atomic E-state index is 10.8. The van der Waals surface area contributed by atoms with Crippen molar-refractivity contribution in [2.45, 2.75) is 13.0 Å². The number of phenolic OH excluding ortho intramolecular Hbond substituents is 1. The van der Waals surface area contributed by atoms with Crippen molar-refractivity contribution in [3.8, 4) is 5.75 Å². The molecule has 0 aliphatic heterocycles. The Kier molecular flexibility index (Phi) is 5.80. The summed E-state index contributed by atoms with van der Waals surface area (Å²) >= 11 is 5.82. The van der Waals surface area contributed by atoms with E-state index in [4.69, 9.17) is 11.6 Å². The van der Waals surface area contributed by atoms with Crippen molar-refractivity contribution in [3.05, 3.63) is 28.8 Å². The van der Waals surface area contributed by atoms with Gasteiger partial charge >= 0.3 is 0 Å². The third kappa shape index (κ3) is 4.96. The molecule has 1 aromatic rings. The van der Waals surface area contributed by atoms with Crippen molar-refractivity contribution >= 4 is 22.4 Å². The molecule has 0 saturated heterocycles. The minimum Gasteiger partial charge on any atom is -0.508 e. The topological polar surface area (TPSA) is 49.3 Å². The fourth-order valence-corrected chi connectivity index (χ4v) is 2.06. The molecule has 0 amide bonds. The number of hydrogen-bond donors (Lipinski definition) is 2. The highest BCUT2D eigenvalue weighted by Crippen LogP contribution is 2.20. The molecule has 0 bridgehead atoms. The summed E-state index contributed by atoms with van der Waals surface area (Å²) < 4.78 is 10.8. The number of benzene rings is 1. The number of aromatic hydroxyl groups is 1. The lowest BCUT2D eigenvalue weighted by Crippen LogP contribution is -2.16. The molecule has 2 N–H and O–H groups in total. The highest BCUT2D eigenvalue weighted by atomic mass is 35.5. The van der Waals surface area contributed by atoms with E-state index >= 15 is 0 Å². The molecule has 0 spiro atoms. The molecule has 5 heteroatoms. The van der Waals surface area contributed by atoms with Crippen LogP contribution in [0.25, 0.3) is 0 Å². The molecule has 1 rings (SSSR count). The number of rotatable bonds is 6. The monoisotopic (exact) mass is 261 g/mol. The van der Waals surface area contributed by atoms with Crippen LogP contribution in [-0.4, -0.2) is 27.9 Å². The van der Waals surface area contributed by atoms with Gasteiger partial charge in [0.2, 0.25) is 0 Å². The first-order valence-electron chi connectivity index (χ1n) is 5.07. The SMILES string of the molecule is CS(=O)CCCNCc1cc(Cl)ccc1O. The van der Waals surface area contributed by atoms with Crippen LogP contribution in [0.5, 0.6) is 5.75 Å². The third-order valence-corrected chi connectivity index (χ3v) is 3.24. The van der Waals surface area contributed by atoms with Gasteiger partial charge < -0.3 is 10.4 Å². The first-order chi connectivity index (χ1) is 7.59. The van der Waals surface area contributed by atoms with Crippen molar-refractivity contribution in [3.63, 3.8) is 0 Å². The predicted octanol–water partition coefficient (Wildman–Crippen LogP) is 1.90. The Morgan fingerprint density at radius 2 is 2.25 bits per heavy atom. The average molecular weight is 262 g/mol. The fourth-order valence-electron chi connectivity index (χ4n) is 1.32. The van der Waals surface area contributed by atoms with Gasteiger partial charge in [-0.1, -0.05) is 11.6 Å². The number of hydrogen-bond acceptors (Lipinski definition) is 3. The summed E-state index contributed by atoms with van der Waals surface area (Å²) in [6.07, 6.45) is 2.56. The molecule has 16 heavy (non-hydrogen) atoms. The summed E-state index contributed by atoms with van der Waals surface area (Å²) in [6.45, 7) is 1.36. The predicted molar refractivity (Wildman–Crippen MR) is 68.4 cm³/mol. The van der Waals surface area contributed by atoms with E-state index in [1.54, 1.807) is 24.5 Å². The smallest absolute Gasteiger partial charge is 0.120 e. The molecule has 1 aromatic carbocycles. The summed E-state index contributed by atoms with van der Waals surface area (Å²) in [5.74, 6) is 0.949. The van der Waals surface area contributed by atoms with Crippen molar-refractivity contribution in [1.29, 1.82) is 0 Å². The number of halogens is 1. The van der Waals surface area contributed by atoms with E-state index in [2.05, 4.69) is 5.32 Å². The molecule has 0 heterocycles.